The van der Waals surface area contributed by atoms with E-state index in [1.165, 1.54) is 12.1 Å². The molecule has 0 fully saturated rings. The van der Waals surface area contributed by atoms with Crippen molar-refractivity contribution in [1.29, 1.82) is 0 Å². The lowest BCUT2D eigenvalue weighted by Crippen LogP contribution is -2.44. The maximum absolute atomic E-state index is 13.5. The first-order valence-electron chi connectivity index (χ1n) is 7.35. The van der Waals surface area contributed by atoms with Crippen molar-refractivity contribution in [2.24, 2.45) is 0 Å². The van der Waals surface area contributed by atoms with Gasteiger partial charge in [-0.3, -0.25) is 9.36 Å². The van der Waals surface area contributed by atoms with Gasteiger partial charge in [0.1, 0.15) is 5.82 Å². The molecule has 1 aromatic heterocycles. The molecule has 7 nitrogen and oxygen atoms in total. The minimum absolute atomic E-state index is 0.00888. The Labute approximate surface area is 150 Å². The fraction of sp³-hybridized carbons (Fsp3) is 0.0588. The number of halogens is 2. The van der Waals surface area contributed by atoms with Gasteiger partial charge in [0.05, 0.1) is 12.2 Å². The average molecular weight is 376 g/mol. The van der Waals surface area contributed by atoms with E-state index in [0.29, 0.717) is 19.8 Å². The second-order valence-corrected chi connectivity index (χ2v) is 5.72. The molecule has 0 aliphatic heterocycles. The quantitative estimate of drug-likeness (QED) is 0.752. The number of nitrogens with zero attached hydrogens (tertiary/aromatic N) is 3. The zero-order chi connectivity index (χ0) is 18.8. The Hall–Kier alpha value is -3.26. The van der Waals surface area contributed by atoms with Gasteiger partial charge < -0.3 is 5.11 Å². The molecule has 132 valence electrons. The van der Waals surface area contributed by atoms with Crippen LogP contribution in [0.5, 0.6) is 0 Å². The SMILES string of the molecule is O=C(O)c1nn(-c2cccc(F)c2)c(=O)n(Cc2ccccc2Cl)c1=O. The van der Waals surface area contributed by atoms with Crippen LogP contribution < -0.4 is 11.2 Å². The second kappa shape index (κ2) is 6.93. The lowest BCUT2D eigenvalue weighted by Gasteiger charge is -2.11. The molecule has 0 amide bonds. The highest BCUT2D eigenvalue weighted by Crippen LogP contribution is 2.15. The number of aromatic carboxylic acids is 1. The molecule has 3 aromatic rings. The van der Waals surface area contributed by atoms with E-state index in [1.54, 1.807) is 24.3 Å². The van der Waals surface area contributed by atoms with E-state index in [4.69, 9.17) is 11.6 Å². The normalized spacial score (nSPS) is 10.7. The third-order valence-electron chi connectivity index (χ3n) is 3.60. The first kappa shape index (κ1) is 17.6. The average Bonchev–Trinajstić information content (AvgIpc) is 2.60. The Bertz CT molecular complexity index is 1120. The van der Waals surface area contributed by atoms with Gasteiger partial charge in [-0.1, -0.05) is 35.9 Å². The van der Waals surface area contributed by atoms with E-state index >= 15 is 0 Å². The summed E-state index contributed by atoms with van der Waals surface area (Å²) in [4.78, 5) is 36.4. The fourth-order valence-electron chi connectivity index (χ4n) is 2.36. The summed E-state index contributed by atoms with van der Waals surface area (Å²) in [5.41, 5.74) is -2.41. The fourth-order valence-corrected chi connectivity index (χ4v) is 2.56. The van der Waals surface area contributed by atoms with Crippen LogP contribution in [0.4, 0.5) is 4.39 Å². The second-order valence-electron chi connectivity index (χ2n) is 5.31. The molecule has 0 aliphatic carbocycles. The molecule has 0 spiro atoms. The van der Waals surface area contributed by atoms with E-state index in [1.807, 2.05) is 0 Å². The largest absolute Gasteiger partial charge is 0.476 e. The molecule has 0 aliphatic rings. The zero-order valence-electron chi connectivity index (χ0n) is 13.1. The van der Waals surface area contributed by atoms with Gasteiger partial charge in [0, 0.05) is 5.02 Å². The van der Waals surface area contributed by atoms with Crippen molar-refractivity contribution in [3.05, 3.63) is 91.5 Å². The molecule has 0 saturated heterocycles. The maximum atomic E-state index is 13.5. The summed E-state index contributed by atoms with van der Waals surface area (Å²) in [6, 6.07) is 11.4. The number of carbonyl (C=O) groups is 1. The summed E-state index contributed by atoms with van der Waals surface area (Å²) in [5.74, 6) is -2.25. The summed E-state index contributed by atoms with van der Waals surface area (Å²) < 4.78 is 14.8. The van der Waals surface area contributed by atoms with Gasteiger partial charge in [-0.05, 0) is 29.8 Å². The van der Waals surface area contributed by atoms with Gasteiger partial charge in [0.25, 0.3) is 5.56 Å². The van der Waals surface area contributed by atoms with Crippen LogP contribution >= 0.6 is 11.6 Å². The van der Waals surface area contributed by atoms with Crippen molar-refractivity contribution in [2.75, 3.05) is 0 Å². The third-order valence-corrected chi connectivity index (χ3v) is 3.97. The first-order chi connectivity index (χ1) is 12.4. The molecule has 0 unspecified atom stereocenters. The van der Waals surface area contributed by atoms with Crippen LogP contribution in [0.3, 0.4) is 0 Å². The molecule has 9 heteroatoms. The lowest BCUT2D eigenvalue weighted by molar-refractivity contribution is 0.0684. The summed E-state index contributed by atoms with van der Waals surface area (Å²) in [5, 5.41) is 13.1. The number of carboxylic acid groups (broad SMARTS) is 1. The molecule has 0 bridgehead atoms. The molecular weight excluding hydrogens is 365 g/mol. The van der Waals surface area contributed by atoms with E-state index in [9.17, 15) is 23.9 Å². The molecule has 3 rings (SSSR count). The van der Waals surface area contributed by atoms with Crippen LogP contribution in [-0.4, -0.2) is 25.4 Å². The number of hydrogen-bond donors (Lipinski definition) is 1. The van der Waals surface area contributed by atoms with Crippen molar-refractivity contribution in [3.63, 3.8) is 0 Å². The molecule has 1 N–H and O–H groups in total. The smallest absolute Gasteiger partial charge is 0.362 e. The van der Waals surface area contributed by atoms with Crippen molar-refractivity contribution in [3.8, 4) is 5.69 Å². The van der Waals surface area contributed by atoms with Gasteiger partial charge in [0.2, 0.25) is 5.69 Å². The highest BCUT2D eigenvalue weighted by Gasteiger charge is 2.20. The number of rotatable bonds is 4. The molecule has 26 heavy (non-hydrogen) atoms. The summed E-state index contributed by atoms with van der Waals surface area (Å²) in [6.45, 7) is -0.255. The third kappa shape index (κ3) is 3.27. The van der Waals surface area contributed by atoms with E-state index in [-0.39, 0.29) is 12.2 Å². The molecule has 2 aromatic carbocycles. The van der Waals surface area contributed by atoms with Crippen molar-refractivity contribution >= 4 is 17.6 Å². The van der Waals surface area contributed by atoms with Gasteiger partial charge in [-0.2, -0.15) is 9.78 Å². The lowest BCUT2D eigenvalue weighted by atomic mass is 10.2. The topological polar surface area (TPSA) is 94.2 Å². The van der Waals surface area contributed by atoms with Crippen LogP contribution in [0.1, 0.15) is 16.1 Å². The van der Waals surface area contributed by atoms with Crippen LogP contribution in [0.25, 0.3) is 5.69 Å². The Balaban J connectivity index is 2.27. The van der Waals surface area contributed by atoms with Crippen LogP contribution in [-0.2, 0) is 6.54 Å². The Morgan fingerprint density at radius 1 is 1.15 bits per heavy atom. The van der Waals surface area contributed by atoms with Crippen molar-refractivity contribution < 1.29 is 14.3 Å². The number of benzene rings is 2. The number of carboxylic acids is 1. The predicted molar refractivity (Wildman–Crippen MR) is 91.6 cm³/mol. The number of hydrogen-bond acceptors (Lipinski definition) is 4. The molecular formula is C17H11ClFN3O4. The molecule has 0 atom stereocenters. The van der Waals surface area contributed by atoms with Crippen LogP contribution in [0.15, 0.2) is 58.1 Å². The molecule has 1 heterocycles. The van der Waals surface area contributed by atoms with Gasteiger partial charge in [-0.15, -0.1) is 0 Å². The summed E-state index contributed by atoms with van der Waals surface area (Å²) in [7, 11) is 0. The number of aromatic nitrogens is 3. The van der Waals surface area contributed by atoms with E-state index in [2.05, 4.69) is 5.10 Å². The van der Waals surface area contributed by atoms with Crippen molar-refractivity contribution in [1.82, 2.24) is 14.3 Å². The molecule has 0 saturated carbocycles. The maximum Gasteiger partial charge on any atom is 0.362 e. The minimum Gasteiger partial charge on any atom is -0.476 e. The minimum atomic E-state index is -1.60. The van der Waals surface area contributed by atoms with Crippen LogP contribution in [0, 0.1) is 5.82 Å². The van der Waals surface area contributed by atoms with Crippen molar-refractivity contribution in [2.45, 2.75) is 6.54 Å². The highest BCUT2D eigenvalue weighted by molar-refractivity contribution is 6.31. The Morgan fingerprint density at radius 2 is 1.88 bits per heavy atom. The summed E-state index contributed by atoms with van der Waals surface area (Å²) in [6.07, 6.45) is 0. The van der Waals surface area contributed by atoms with E-state index < -0.39 is 28.7 Å². The van der Waals surface area contributed by atoms with Crippen LogP contribution in [0.2, 0.25) is 5.02 Å². The summed E-state index contributed by atoms with van der Waals surface area (Å²) >= 11 is 6.05. The van der Waals surface area contributed by atoms with E-state index in [0.717, 1.165) is 12.1 Å². The van der Waals surface area contributed by atoms with Gasteiger partial charge in [0.15, 0.2) is 0 Å². The molecule has 0 radical (unpaired) electrons. The Kier molecular flexibility index (Phi) is 4.68. The van der Waals surface area contributed by atoms with Gasteiger partial charge >= 0.3 is 11.7 Å². The Morgan fingerprint density at radius 3 is 2.54 bits per heavy atom. The highest BCUT2D eigenvalue weighted by atomic mass is 35.5. The standard InChI is InChI=1S/C17H11ClFN3O4/c18-13-7-2-1-4-10(13)9-21-15(23)14(16(24)25)20-22(17(21)26)12-6-3-5-11(19)8-12/h1-8H,9H2,(H,24,25). The monoisotopic (exact) mass is 375 g/mol. The first-order valence-corrected chi connectivity index (χ1v) is 7.73. The van der Waals surface area contributed by atoms with Gasteiger partial charge in [-0.25, -0.2) is 14.0 Å². The predicted octanol–water partition coefficient (Wildman–Crippen LogP) is 1.93. The zero-order valence-corrected chi connectivity index (χ0v) is 13.9.